The van der Waals surface area contributed by atoms with Crippen LogP contribution in [-0.2, 0) is 38.1 Å². The first-order valence-corrected chi connectivity index (χ1v) is 14.2. The Hall–Kier alpha value is -2.38. The minimum absolute atomic E-state index is 0.173. The minimum Gasteiger partial charge on any atom is -0.463 e. The summed E-state index contributed by atoms with van der Waals surface area (Å²) in [6, 6.07) is 0. The number of hydrogen-bond donors (Lipinski definition) is 0. The minimum atomic E-state index is -0.891. The molecule has 0 heterocycles. The molecule has 0 saturated carbocycles. The second-order valence-corrected chi connectivity index (χ2v) is 9.41. The van der Waals surface area contributed by atoms with E-state index < -0.39 is 43.5 Å². The molecule has 0 radical (unpaired) electrons. The van der Waals surface area contributed by atoms with Crippen LogP contribution in [0.2, 0.25) is 0 Å². The quantitative estimate of drug-likeness (QED) is 0.0583. The first-order chi connectivity index (χ1) is 17.9. The summed E-state index contributed by atoms with van der Waals surface area (Å²) < 4.78 is 19.7. The topological polar surface area (TPSA) is 105 Å². The Labute approximate surface area is 223 Å². The van der Waals surface area contributed by atoms with Crippen LogP contribution in [0.3, 0.4) is 0 Å². The largest absolute Gasteiger partial charge is 0.463 e. The fraction of sp³-hybridized carbons (Fsp3) is 0.793. The maximum atomic E-state index is 11.9. The van der Waals surface area contributed by atoms with Gasteiger partial charge in [0.1, 0.15) is 0 Å². The summed E-state index contributed by atoms with van der Waals surface area (Å²) in [5.74, 6) is -2.98. The van der Waals surface area contributed by atoms with E-state index in [4.69, 9.17) is 18.9 Å². The highest BCUT2D eigenvalue weighted by molar-refractivity contribution is 5.94. The van der Waals surface area contributed by atoms with E-state index in [2.05, 4.69) is 20.4 Å². The Kier molecular flexibility index (Phi) is 23.7. The van der Waals surface area contributed by atoms with Gasteiger partial charge >= 0.3 is 23.9 Å². The van der Waals surface area contributed by atoms with E-state index in [1.165, 1.54) is 64.2 Å². The van der Waals surface area contributed by atoms with Gasteiger partial charge in [0.05, 0.1) is 19.6 Å². The van der Waals surface area contributed by atoms with Crippen LogP contribution in [0.1, 0.15) is 123 Å². The van der Waals surface area contributed by atoms with Crippen molar-refractivity contribution in [2.45, 2.75) is 123 Å². The molecule has 0 unspecified atom stereocenters. The Morgan fingerprint density at radius 1 is 0.486 bits per heavy atom. The van der Waals surface area contributed by atoms with Crippen LogP contribution in [0.15, 0.2) is 12.2 Å². The van der Waals surface area contributed by atoms with E-state index in [1.807, 2.05) is 0 Å². The summed E-state index contributed by atoms with van der Waals surface area (Å²) in [5.41, 5.74) is -0.173. The van der Waals surface area contributed by atoms with Gasteiger partial charge in [-0.3, -0.25) is 4.79 Å². The molecule has 0 aliphatic rings. The normalized spacial score (nSPS) is 10.5. The highest BCUT2D eigenvalue weighted by Gasteiger charge is 2.17. The van der Waals surface area contributed by atoms with Gasteiger partial charge in [-0.2, -0.15) is 0 Å². The second-order valence-electron chi connectivity index (χ2n) is 9.41. The van der Waals surface area contributed by atoms with Crippen molar-refractivity contribution in [3.8, 4) is 0 Å². The third-order valence-electron chi connectivity index (χ3n) is 5.84. The molecule has 0 saturated heterocycles. The van der Waals surface area contributed by atoms with Gasteiger partial charge in [0.15, 0.2) is 13.2 Å². The molecular formula is C29H50O8. The molecule has 0 aliphatic carbocycles. The molecule has 214 valence electrons. The van der Waals surface area contributed by atoms with Crippen molar-refractivity contribution in [2.75, 3.05) is 26.4 Å². The van der Waals surface area contributed by atoms with Crippen LogP contribution in [-0.4, -0.2) is 50.3 Å². The Morgan fingerprint density at radius 3 is 1.30 bits per heavy atom. The van der Waals surface area contributed by atoms with Crippen LogP contribution in [0.25, 0.3) is 0 Å². The molecule has 8 heteroatoms. The average Bonchev–Trinajstić information content (AvgIpc) is 2.88. The lowest BCUT2D eigenvalue weighted by Gasteiger charge is -2.08. The van der Waals surface area contributed by atoms with Crippen molar-refractivity contribution in [1.82, 2.24) is 0 Å². The zero-order chi connectivity index (χ0) is 27.6. The maximum Gasteiger partial charge on any atom is 0.344 e. The zero-order valence-corrected chi connectivity index (χ0v) is 23.3. The van der Waals surface area contributed by atoms with Crippen molar-refractivity contribution in [3.05, 3.63) is 12.2 Å². The summed E-state index contributed by atoms with van der Waals surface area (Å²) in [4.78, 5) is 47.1. The van der Waals surface area contributed by atoms with Gasteiger partial charge in [0, 0.05) is 5.57 Å². The summed E-state index contributed by atoms with van der Waals surface area (Å²) in [6.07, 6.45) is 17.7. The van der Waals surface area contributed by atoms with Gasteiger partial charge < -0.3 is 18.9 Å². The van der Waals surface area contributed by atoms with Gasteiger partial charge in [-0.25, -0.2) is 14.4 Å². The van der Waals surface area contributed by atoms with Gasteiger partial charge in [0.2, 0.25) is 0 Å². The van der Waals surface area contributed by atoms with E-state index in [0.29, 0.717) is 6.61 Å². The molecule has 0 aromatic rings. The lowest BCUT2D eigenvalue weighted by atomic mass is 10.1. The number of unbranched alkanes of at least 4 members (excludes halogenated alkanes) is 14. The molecule has 0 bridgehead atoms. The van der Waals surface area contributed by atoms with Crippen LogP contribution >= 0.6 is 0 Å². The van der Waals surface area contributed by atoms with Gasteiger partial charge in [-0.15, -0.1) is 0 Å². The standard InChI is InChI=1S/C29H50O8/c1-4-6-8-10-12-14-16-18-20-34-27(31)23-36-26(30)22-25(3)29(33)37-24-28(32)35-21-19-17-15-13-11-9-7-5-2/h3-24H2,1-2H3. The lowest BCUT2D eigenvalue weighted by Crippen LogP contribution is -2.21. The Morgan fingerprint density at radius 2 is 0.865 bits per heavy atom. The molecule has 0 aromatic carbocycles. The molecule has 0 spiro atoms. The lowest BCUT2D eigenvalue weighted by molar-refractivity contribution is -0.159. The third-order valence-corrected chi connectivity index (χ3v) is 5.84. The van der Waals surface area contributed by atoms with Gasteiger partial charge in [0.25, 0.3) is 0 Å². The fourth-order valence-corrected chi connectivity index (χ4v) is 3.59. The van der Waals surface area contributed by atoms with Crippen molar-refractivity contribution in [2.24, 2.45) is 0 Å². The van der Waals surface area contributed by atoms with Crippen LogP contribution in [0, 0.1) is 0 Å². The maximum absolute atomic E-state index is 11.9. The molecule has 0 aliphatic heterocycles. The Balaban J connectivity index is 3.73. The molecule has 0 amide bonds. The van der Waals surface area contributed by atoms with Crippen molar-refractivity contribution < 1.29 is 38.1 Å². The van der Waals surface area contributed by atoms with Gasteiger partial charge in [-0.05, 0) is 12.8 Å². The van der Waals surface area contributed by atoms with E-state index in [1.54, 1.807) is 0 Å². The first-order valence-electron chi connectivity index (χ1n) is 14.2. The summed E-state index contributed by atoms with van der Waals surface area (Å²) >= 11 is 0. The molecule has 0 aromatic heterocycles. The van der Waals surface area contributed by atoms with Crippen LogP contribution in [0.4, 0.5) is 0 Å². The number of hydrogen-bond acceptors (Lipinski definition) is 8. The molecule has 0 atom stereocenters. The molecule has 0 rings (SSSR count). The van der Waals surface area contributed by atoms with Crippen molar-refractivity contribution in [1.29, 1.82) is 0 Å². The number of carbonyl (C=O) groups excluding carboxylic acids is 4. The molecular weight excluding hydrogens is 476 g/mol. The highest BCUT2D eigenvalue weighted by Crippen LogP contribution is 2.10. The summed E-state index contributed by atoms with van der Waals surface area (Å²) in [5, 5.41) is 0. The van der Waals surface area contributed by atoms with E-state index in [-0.39, 0.29) is 12.2 Å². The predicted octanol–water partition coefficient (Wildman–Crippen LogP) is 6.39. The van der Waals surface area contributed by atoms with E-state index in [0.717, 1.165) is 38.5 Å². The number of esters is 4. The summed E-state index contributed by atoms with van der Waals surface area (Å²) in [6.45, 7) is 7.37. The number of carbonyl (C=O) groups is 4. The average molecular weight is 527 g/mol. The van der Waals surface area contributed by atoms with Crippen LogP contribution < -0.4 is 0 Å². The van der Waals surface area contributed by atoms with Crippen LogP contribution in [0.5, 0.6) is 0 Å². The molecule has 0 fully saturated rings. The monoisotopic (exact) mass is 526 g/mol. The summed E-state index contributed by atoms with van der Waals surface area (Å²) in [7, 11) is 0. The number of ether oxygens (including phenoxy) is 4. The SMILES string of the molecule is C=C(CC(=O)OCC(=O)OCCCCCCCCCC)C(=O)OCC(=O)OCCCCCCCCCC. The first kappa shape index (κ1) is 34.6. The van der Waals surface area contributed by atoms with Crippen molar-refractivity contribution in [3.63, 3.8) is 0 Å². The van der Waals surface area contributed by atoms with Crippen molar-refractivity contribution >= 4 is 23.9 Å². The zero-order valence-electron chi connectivity index (χ0n) is 23.3. The predicted molar refractivity (Wildman–Crippen MR) is 143 cm³/mol. The number of rotatable bonds is 25. The van der Waals surface area contributed by atoms with E-state index >= 15 is 0 Å². The Bertz CT molecular complexity index is 644. The molecule has 37 heavy (non-hydrogen) atoms. The third kappa shape index (κ3) is 23.8. The fourth-order valence-electron chi connectivity index (χ4n) is 3.59. The second kappa shape index (κ2) is 25.3. The van der Waals surface area contributed by atoms with E-state index in [9.17, 15) is 19.2 Å². The smallest absolute Gasteiger partial charge is 0.344 e. The highest BCUT2D eigenvalue weighted by atomic mass is 16.6. The molecule has 8 nitrogen and oxygen atoms in total. The molecule has 0 N–H and O–H groups in total. The van der Waals surface area contributed by atoms with Gasteiger partial charge in [-0.1, -0.05) is 110 Å².